The lowest BCUT2D eigenvalue weighted by Crippen LogP contribution is -2.47. The van der Waals surface area contributed by atoms with Crippen LogP contribution in [0.4, 0.5) is 5.69 Å². The van der Waals surface area contributed by atoms with E-state index in [1.54, 1.807) is 7.11 Å². The van der Waals surface area contributed by atoms with E-state index in [1.807, 2.05) is 24.3 Å². The average Bonchev–Trinajstić information content (AvgIpc) is 2.72. The third kappa shape index (κ3) is 5.81. The van der Waals surface area contributed by atoms with Crippen LogP contribution in [-0.2, 0) is 11.3 Å². The van der Waals surface area contributed by atoms with Crippen LogP contribution in [0.2, 0.25) is 0 Å². The number of methoxy groups -OCH3 is 1. The number of nitrogens with zero attached hydrogens (tertiary/aromatic N) is 2. The van der Waals surface area contributed by atoms with Gasteiger partial charge in [-0.3, -0.25) is 9.69 Å². The molecule has 1 fully saturated rings. The van der Waals surface area contributed by atoms with Gasteiger partial charge in [-0.05, 0) is 42.8 Å². The van der Waals surface area contributed by atoms with E-state index in [4.69, 9.17) is 4.74 Å². The molecule has 1 heterocycles. The van der Waals surface area contributed by atoms with Gasteiger partial charge < -0.3 is 15.0 Å². The first-order chi connectivity index (χ1) is 13.3. The van der Waals surface area contributed by atoms with Gasteiger partial charge in [-0.25, -0.2) is 0 Å². The van der Waals surface area contributed by atoms with E-state index < -0.39 is 0 Å². The lowest BCUT2D eigenvalue weighted by molar-refractivity contribution is 0.0951. The minimum atomic E-state index is -0.0122. The summed E-state index contributed by atoms with van der Waals surface area (Å²) in [7, 11) is 1.66. The Labute approximate surface area is 161 Å². The Kier molecular flexibility index (Phi) is 7.25. The molecule has 0 aromatic heterocycles. The number of anilines is 1. The molecule has 5 heteroatoms. The lowest BCUT2D eigenvalue weighted by atomic mass is 10.1. The van der Waals surface area contributed by atoms with Crippen LogP contribution in [0.3, 0.4) is 0 Å². The first-order valence-corrected chi connectivity index (χ1v) is 9.64. The van der Waals surface area contributed by atoms with Crippen molar-refractivity contribution in [3.63, 3.8) is 0 Å². The van der Waals surface area contributed by atoms with E-state index in [0.717, 1.165) is 44.7 Å². The molecule has 1 aliphatic heterocycles. The van der Waals surface area contributed by atoms with Gasteiger partial charge in [-0.15, -0.1) is 0 Å². The summed E-state index contributed by atoms with van der Waals surface area (Å²) < 4.78 is 5.12. The van der Waals surface area contributed by atoms with Crippen molar-refractivity contribution in [3.8, 4) is 0 Å². The van der Waals surface area contributed by atoms with E-state index in [-0.39, 0.29) is 5.91 Å². The molecular weight excluding hydrogens is 338 g/mol. The molecule has 2 aromatic carbocycles. The van der Waals surface area contributed by atoms with Crippen molar-refractivity contribution in [2.45, 2.75) is 13.0 Å². The zero-order valence-electron chi connectivity index (χ0n) is 16.1. The number of amides is 1. The molecule has 5 nitrogen and oxygen atoms in total. The average molecular weight is 367 g/mol. The van der Waals surface area contributed by atoms with Crippen LogP contribution in [0.15, 0.2) is 54.6 Å². The molecule has 0 radical (unpaired) electrons. The Morgan fingerprint density at radius 3 is 2.56 bits per heavy atom. The summed E-state index contributed by atoms with van der Waals surface area (Å²) in [4.78, 5) is 17.2. The fourth-order valence-corrected chi connectivity index (χ4v) is 3.44. The van der Waals surface area contributed by atoms with Gasteiger partial charge in [0.2, 0.25) is 0 Å². The summed E-state index contributed by atoms with van der Waals surface area (Å²) in [5.41, 5.74) is 3.02. The second kappa shape index (κ2) is 10.1. The molecule has 0 unspecified atom stereocenters. The van der Waals surface area contributed by atoms with Gasteiger partial charge in [0, 0.05) is 51.1 Å². The molecule has 144 valence electrons. The Bertz CT molecular complexity index is 713. The Balaban J connectivity index is 1.35. The number of piperazine rings is 1. The summed E-state index contributed by atoms with van der Waals surface area (Å²) in [6.07, 6.45) is 0.967. The van der Waals surface area contributed by atoms with Crippen molar-refractivity contribution < 1.29 is 9.53 Å². The van der Waals surface area contributed by atoms with Gasteiger partial charge in [-0.1, -0.05) is 30.3 Å². The van der Waals surface area contributed by atoms with E-state index in [1.165, 1.54) is 5.69 Å². The molecule has 0 aliphatic carbocycles. The van der Waals surface area contributed by atoms with E-state index in [0.29, 0.717) is 18.7 Å². The van der Waals surface area contributed by atoms with E-state index in [9.17, 15) is 4.79 Å². The van der Waals surface area contributed by atoms with Crippen LogP contribution in [0, 0.1) is 0 Å². The first-order valence-electron chi connectivity index (χ1n) is 9.64. The highest BCUT2D eigenvalue weighted by molar-refractivity contribution is 5.94. The minimum absolute atomic E-state index is 0.0122. The smallest absolute Gasteiger partial charge is 0.251 e. The Hall–Kier alpha value is -2.37. The molecule has 3 rings (SSSR count). The topological polar surface area (TPSA) is 44.8 Å². The van der Waals surface area contributed by atoms with Gasteiger partial charge >= 0.3 is 0 Å². The number of carbonyl (C=O) groups excluding carboxylic acids is 1. The van der Waals surface area contributed by atoms with Gasteiger partial charge in [-0.2, -0.15) is 0 Å². The van der Waals surface area contributed by atoms with Crippen LogP contribution in [-0.4, -0.2) is 57.2 Å². The number of hydrogen-bond acceptors (Lipinski definition) is 4. The molecule has 1 N–H and O–H groups in total. The normalized spacial score (nSPS) is 14.9. The molecule has 2 aromatic rings. The molecule has 0 saturated carbocycles. The summed E-state index contributed by atoms with van der Waals surface area (Å²) in [6, 6.07) is 18.2. The molecule has 1 saturated heterocycles. The monoisotopic (exact) mass is 367 g/mol. The molecular formula is C22H29N3O2. The number of para-hydroxylation sites is 1. The molecule has 27 heavy (non-hydrogen) atoms. The fourth-order valence-electron chi connectivity index (χ4n) is 3.44. The largest absolute Gasteiger partial charge is 0.380 e. The minimum Gasteiger partial charge on any atom is -0.380 e. The standard InChI is InChI=1S/C22H29N3O2/c1-27-18-19-7-5-8-20(17-19)22(26)23-11-6-12-24-13-15-25(16-14-24)21-9-3-2-4-10-21/h2-5,7-10,17H,6,11-16,18H2,1H3,(H,23,26). The van der Waals surface area contributed by atoms with E-state index in [2.05, 4.69) is 45.4 Å². The van der Waals surface area contributed by atoms with Crippen molar-refractivity contribution >= 4 is 11.6 Å². The summed E-state index contributed by atoms with van der Waals surface area (Å²) in [5.74, 6) is -0.0122. The number of nitrogens with one attached hydrogen (secondary N) is 1. The van der Waals surface area contributed by atoms with Gasteiger partial charge in [0.1, 0.15) is 0 Å². The lowest BCUT2D eigenvalue weighted by Gasteiger charge is -2.36. The number of ether oxygens (including phenoxy) is 1. The molecule has 0 spiro atoms. The van der Waals surface area contributed by atoms with Crippen molar-refractivity contribution in [3.05, 3.63) is 65.7 Å². The third-order valence-corrected chi connectivity index (χ3v) is 4.93. The highest BCUT2D eigenvalue weighted by atomic mass is 16.5. The number of rotatable bonds is 8. The molecule has 1 amide bonds. The second-order valence-corrected chi connectivity index (χ2v) is 6.91. The Morgan fingerprint density at radius 1 is 1.04 bits per heavy atom. The Morgan fingerprint density at radius 2 is 1.81 bits per heavy atom. The molecule has 0 atom stereocenters. The van der Waals surface area contributed by atoms with Crippen molar-refractivity contribution in [1.29, 1.82) is 0 Å². The van der Waals surface area contributed by atoms with Crippen molar-refractivity contribution in [1.82, 2.24) is 10.2 Å². The highest BCUT2D eigenvalue weighted by Crippen LogP contribution is 2.15. The molecule has 1 aliphatic rings. The van der Waals surface area contributed by atoms with Crippen LogP contribution < -0.4 is 10.2 Å². The van der Waals surface area contributed by atoms with E-state index >= 15 is 0 Å². The maximum absolute atomic E-state index is 12.3. The van der Waals surface area contributed by atoms with Gasteiger partial charge in [0.15, 0.2) is 0 Å². The van der Waals surface area contributed by atoms with Crippen molar-refractivity contribution in [2.75, 3.05) is 51.3 Å². The second-order valence-electron chi connectivity index (χ2n) is 6.91. The number of carbonyl (C=O) groups is 1. The number of hydrogen-bond donors (Lipinski definition) is 1. The van der Waals surface area contributed by atoms with Crippen LogP contribution in [0.25, 0.3) is 0 Å². The van der Waals surface area contributed by atoms with Crippen LogP contribution in [0.1, 0.15) is 22.3 Å². The van der Waals surface area contributed by atoms with Crippen LogP contribution >= 0.6 is 0 Å². The van der Waals surface area contributed by atoms with Crippen LogP contribution in [0.5, 0.6) is 0 Å². The van der Waals surface area contributed by atoms with Gasteiger partial charge in [0.05, 0.1) is 6.61 Å². The SMILES string of the molecule is COCc1cccc(C(=O)NCCCN2CCN(c3ccccc3)CC2)c1. The summed E-state index contributed by atoms with van der Waals surface area (Å²) in [6.45, 7) is 6.50. The quantitative estimate of drug-likeness (QED) is 0.729. The maximum atomic E-state index is 12.3. The predicted octanol–water partition coefficient (Wildman–Crippen LogP) is 2.78. The van der Waals surface area contributed by atoms with Gasteiger partial charge in [0.25, 0.3) is 5.91 Å². The summed E-state index contributed by atoms with van der Waals surface area (Å²) in [5, 5.41) is 3.03. The zero-order chi connectivity index (χ0) is 18.9. The molecule has 0 bridgehead atoms. The number of benzene rings is 2. The fraction of sp³-hybridized carbons (Fsp3) is 0.409. The zero-order valence-corrected chi connectivity index (χ0v) is 16.1. The highest BCUT2D eigenvalue weighted by Gasteiger charge is 2.16. The first kappa shape index (κ1) is 19.4. The predicted molar refractivity (Wildman–Crippen MR) is 109 cm³/mol. The third-order valence-electron chi connectivity index (χ3n) is 4.93. The van der Waals surface area contributed by atoms with Crippen molar-refractivity contribution in [2.24, 2.45) is 0 Å². The summed E-state index contributed by atoms with van der Waals surface area (Å²) >= 11 is 0. The maximum Gasteiger partial charge on any atom is 0.251 e.